The van der Waals surface area contributed by atoms with E-state index < -0.39 is 27.9 Å². The number of benzene rings is 3. The highest BCUT2D eigenvalue weighted by molar-refractivity contribution is 7.98. The molecule has 0 aliphatic rings. The standard InChI is InChI=1S/C31H38N2O5S2/c1-4-20-40(37,38)33(18-16-24-11-6-5-7-12-24)22-25-14-15-27(28(21-25)26-13-9-8-10-23(26)2)30(34)32-29(31(35)36)17-19-39-3/h5-15,21,29H,4,16-20,22H2,1-3H3,(H,32,34)(H,35,36)/p-1. The molecule has 0 bridgehead atoms. The second-order valence-electron chi connectivity index (χ2n) is 9.71. The fourth-order valence-electron chi connectivity index (χ4n) is 4.51. The summed E-state index contributed by atoms with van der Waals surface area (Å²) in [5, 5.41) is 14.3. The second-order valence-corrected chi connectivity index (χ2v) is 12.8. The molecule has 3 aromatic rings. The number of aliphatic carboxylic acids is 1. The zero-order chi connectivity index (χ0) is 29.1. The van der Waals surface area contributed by atoms with Gasteiger partial charge in [-0.2, -0.15) is 16.1 Å². The van der Waals surface area contributed by atoms with Gasteiger partial charge in [-0.15, -0.1) is 0 Å². The predicted octanol–water partition coefficient (Wildman–Crippen LogP) is 4.05. The van der Waals surface area contributed by atoms with E-state index in [2.05, 4.69) is 5.32 Å². The van der Waals surface area contributed by atoms with E-state index in [-0.39, 0.29) is 18.7 Å². The topological polar surface area (TPSA) is 107 Å². The molecule has 3 aromatic carbocycles. The van der Waals surface area contributed by atoms with Crippen LogP contribution < -0.4 is 10.4 Å². The molecule has 214 valence electrons. The van der Waals surface area contributed by atoms with Crippen molar-refractivity contribution >= 4 is 33.7 Å². The molecule has 0 spiro atoms. The first-order chi connectivity index (χ1) is 19.2. The zero-order valence-corrected chi connectivity index (χ0v) is 24.9. The van der Waals surface area contributed by atoms with Gasteiger partial charge in [0.25, 0.3) is 5.91 Å². The van der Waals surface area contributed by atoms with Crippen molar-refractivity contribution in [2.75, 3.05) is 24.3 Å². The van der Waals surface area contributed by atoms with Crippen LogP contribution in [0.2, 0.25) is 0 Å². The molecule has 1 atom stereocenters. The monoisotopic (exact) mass is 581 g/mol. The van der Waals surface area contributed by atoms with Crippen LogP contribution in [0.15, 0.2) is 72.8 Å². The highest BCUT2D eigenvalue weighted by atomic mass is 32.2. The van der Waals surface area contributed by atoms with Crippen LogP contribution in [0.1, 0.15) is 46.8 Å². The quantitative estimate of drug-likeness (QED) is 0.290. The Morgan fingerprint density at radius 2 is 1.68 bits per heavy atom. The summed E-state index contributed by atoms with van der Waals surface area (Å²) in [7, 11) is -3.51. The number of thioether (sulfide) groups is 1. The number of nitrogens with zero attached hydrogens (tertiary/aromatic N) is 1. The Hall–Kier alpha value is -3.14. The molecule has 0 heterocycles. The summed E-state index contributed by atoms with van der Waals surface area (Å²) in [5.74, 6) is -1.23. The van der Waals surface area contributed by atoms with Crippen molar-refractivity contribution in [3.63, 3.8) is 0 Å². The molecule has 0 aliphatic carbocycles. The number of sulfonamides is 1. The summed E-state index contributed by atoms with van der Waals surface area (Å²) in [6, 6.07) is 21.5. The van der Waals surface area contributed by atoms with E-state index in [1.54, 1.807) is 12.1 Å². The van der Waals surface area contributed by atoms with Crippen molar-refractivity contribution in [3.05, 3.63) is 95.1 Å². The molecule has 40 heavy (non-hydrogen) atoms. The van der Waals surface area contributed by atoms with E-state index >= 15 is 0 Å². The van der Waals surface area contributed by atoms with Gasteiger partial charge in [0.2, 0.25) is 10.0 Å². The first-order valence-electron chi connectivity index (χ1n) is 13.4. The van der Waals surface area contributed by atoms with Crippen LogP contribution >= 0.6 is 11.8 Å². The van der Waals surface area contributed by atoms with Gasteiger partial charge in [0, 0.05) is 18.7 Å². The maximum atomic E-state index is 13.4. The van der Waals surface area contributed by atoms with Gasteiger partial charge in [0.05, 0.1) is 17.8 Å². The second kappa shape index (κ2) is 15.0. The van der Waals surface area contributed by atoms with Gasteiger partial charge in [0.15, 0.2) is 0 Å². The third-order valence-electron chi connectivity index (χ3n) is 6.67. The fourth-order valence-corrected chi connectivity index (χ4v) is 6.47. The summed E-state index contributed by atoms with van der Waals surface area (Å²) in [6.07, 6.45) is 3.20. The molecule has 0 aliphatic heterocycles. The lowest BCUT2D eigenvalue weighted by Crippen LogP contribution is -2.48. The Labute approximate surface area is 242 Å². The van der Waals surface area contributed by atoms with Crippen molar-refractivity contribution < 1.29 is 23.1 Å². The summed E-state index contributed by atoms with van der Waals surface area (Å²) >= 11 is 1.49. The first kappa shape index (κ1) is 31.4. The van der Waals surface area contributed by atoms with Crippen molar-refractivity contribution in [3.8, 4) is 11.1 Å². The van der Waals surface area contributed by atoms with Crippen LogP contribution in [-0.2, 0) is 27.8 Å². The van der Waals surface area contributed by atoms with Crippen LogP contribution in [0.25, 0.3) is 11.1 Å². The molecular weight excluding hydrogens is 544 g/mol. The molecule has 1 N–H and O–H groups in total. The summed E-state index contributed by atoms with van der Waals surface area (Å²) in [4.78, 5) is 25.0. The maximum absolute atomic E-state index is 13.4. The number of carboxylic acid groups (broad SMARTS) is 1. The van der Waals surface area contributed by atoms with Gasteiger partial charge in [-0.1, -0.05) is 67.6 Å². The predicted molar refractivity (Wildman–Crippen MR) is 161 cm³/mol. The Bertz CT molecular complexity index is 1390. The number of hydrogen-bond donors (Lipinski definition) is 1. The lowest BCUT2D eigenvalue weighted by atomic mass is 9.93. The lowest BCUT2D eigenvalue weighted by molar-refractivity contribution is -0.308. The van der Waals surface area contributed by atoms with Crippen LogP contribution in [0, 0.1) is 6.92 Å². The minimum absolute atomic E-state index is 0.0492. The zero-order valence-electron chi connectivity index (χ0n) is 23.3. The summed E-state index contributed by atoms with van der Waals surface area (Å²) < 4.78 is 27.9. The molecule has 7 nitrogen and oxygen atoms in total. The number of carbonyl (C=O) groups is 2. The molecule has 0 saturated heterocycles. The van der Waals surface area contributed by atoms with E-state index in [1.165, 1.54) is 16.1 Å². The van der Waals surface area contributed by atoms with Gasteiger partial charge in [-0.05, 0) is 78.1 Å². The maximum Gasteiger partial charge on any atom is 0.252 e. The van der Waals surface area contributed by atoms with Crippen LogP contribution in [-0.4, -0.2) is 54.9 Å². The molecule has 0 saturated carbocycles. The summed E-state index contributed by atoms with van der Waals surface area (Å²) in [6.45, 7) is 4.27. The SMILES string of the molecule is CCCS(=O)(=O)N(CCc1ccccc1)Cc1ccc(C(=O)NC(CCSC)C(=O)[O-])c(-c2ccccc2C)c1. The van der Waals surface area contributed by atoms with Crippen LogP contribution in [0.5, 0.6) is 0 Å². The molecule has 0 radical (unpaired) electrons. The number of aryl methyl sites for hydroxylation is 1. The summed E-state index contributed by atoms with van der Waals surface area (Å²) in [5.41, 5.74) is 4.48. The van der Waals surface area contributed by atoms with Crippen molar-refractivity contribution in [2.24, 2.45) is 0 Å². The van der Waals surface area contributed by atoms with Gasteiger partial charge in [-0.25, -0.2) is 8.42 Å². The molecule has 0 aromatic heterocycles. The molecule has 0 fully saturated rings. The molecule has 1 unspecified atom stereocenters. The third-order valence-corrected chi connectivity index (χ3v) is 9.34. The first-order valence-corrected chi connectivity index (χ1v) is 16.4. The number of carboxylic acids is 1. The third kappa shape index (κ3) is 8.68. The highest BCUT2D eigenvalue weighted by Crippen LogP contribution is 2.29. The largest absolute Gasteiger partial charge is 0.548 e. The van der Waals surface area contributed by atoms with Gasteiger partial charge in [-0.3, -0.25) is 4.79 Å². The normalized spacial score (nSPS) is 12.3. The van der Waals surface area contributed by atoms with Crippen LogP contribution in [0.4, 0.5) is 0 Å². The number of nitrogens with one attached hydrogen (secondary N) is 1. The van der Waals surface area contributed by atoms with Gasteiger partial charge < -0.3 is 15.2 Å². The van der Waals surface area contributed by atoms with E-state index in [0.717, 1.165) is 22.3 Å². The minimum atomic E-state index is -3.51. The van der Waals surface area contributed by atoms with Gasteiger partial charge >= 0.3 is 0 Å². The fraction of sp³-hybridized carbons (Fsp3) is 0.355. The minimum Gasteiger partial charge on any atom is -0.548 e. The smallest absolute Gasteiger partial charge is 0.252 e. The van der Waals surface area contributed by atoms with Crippen LogP contribution in [0.3, 0.4) is 0 Å². The van der Waals surface area contributed by atoms with E-state index in [0.29, 0.717) is 36.3 Å². The van der Waals surface area contributed by atoms with E-state index in [9.17, 15) is 23.1 Å². The molecular formula is C31H37N2O5S2-. The number of hydrogen-bond acceptors (Lipinski definition) is 6. The number of carbonyl (C=O) groups excluding carboxylic acids is 2. The lowest BCUT2D eigenvalue weighted by Gasteiger charge is -2.24. The molecule has 9 heteroatoms. The highest BCUT2D eigenvalue weighted by Gasteiger charge is 2.23. The van der Waals surface area contributed by atoms with E-state index in [4.69, 9.17) is 0 Å². The molecule has 3 rings (SSSR count). The van der Waals surface area contributed by atoms with Crippen molar-refractivity contribution in [1.29, 1.82) is 0 Å². The van der Waals surface area contributed by atoms with Gasteiger partial charge in [0.1, 0.15) is 0 Å². The Kier molecular flexibility index (Phi) is 11.8. The average molecular weight is 582 g/mol. The Morgan fingerprint density at radius 1 is 0.975 bits per heavy atom. The molecule has 1 amide bonds. The Morgan fingerprint density at radius 3 is 2.33 bits per heavy atom. The average Bonchev–Trinajstić information content (AvgIpc) is 2.93. The Balaban J connectivity index is 1.98. The van der Waals surface area contributed by atoms with Crippen molar-refractivity contribution in [2.45, 2.75) is 45.7 Å². The number of rotatable bonds is 15. The van der Waals surface area contributed by atoms with E-state index in [1.807, 2.05) is 80.8 Å². The van der Waals surface area contributed by atoms with Crippen molar-refractivity contribution in [1.82, 2.24) is 9.62 Å². The number of amides is 1.